The predicted molar refractivity (Wildman–Crippen MR) is 110 cm³/mol. The molecule has 146 valence electrons. The lowest BCUT2D eigenvalue weighted by molar-refractivity contribution is 0.0636. The number of aliphatic hydroxyl groups is 1. The van der Waals surface area contributed by atoms with Crippen molar-refractivity contribution in [2.24, 2.45) is 0 Å². The fourth-order valence-electron chi connectivity index (χ4n) is 3.50. The lowest BCUT2D eigenvalue weighted by atomic mass is 10.1. The number of halogens is 1. The van der Waals surface area contributed by atoms with E-state index < -0.39 is 0 Å². The van der Waals surface area contributed by atoms with Crippen molar-refractivity contribution in [3.63, 3.8) is 0 Å². The minimum Gasteiger partial charge on any atom is -0.396 e. The highest BCUT2D eigenvalue weighted by Crippen LogP contribution is 2.17. The van der Waals surface area contributed by atoms with Crippen molar-refractivity contribution >= 4 is 11.6 Å². The van der Waals surface area contributed by atoms with Gasteiger partial charge in [0.1, 0.15) is 0 Å². The van der Waals surface area contributed by atoms with E-state index in [-0.39, 0.29) is 6.61 Å². The molecule has 1 saturated heterocycles. The summed E-state index contributed by atoms with van der Waals surface area (Å²) in [5.41, 5.74) is 3.55. The summed E-state index contributed by atoms with van der Waals surface area (Å²) in [7, 11) is 0. The largest absolute Gasteiger partial charge is 0.396 e. The van der Waals surface area contributed by atoms with E-state index in [2.05, 4.69) is 41.0 Å². The van der Waals surface area contributed by atoms with Crippen LogP contribution in [0.2, 0.25) is 5.02 Å². The molecular formula is C21H29ClN4O. The SMILES string of the molecule is CC(C)=CCN1CCN(Cc2cnn(-c3ccc(Cl)cc3)c2)C[C@H]1CCO. The number of rotatable bonds is 7. The van der Waals surface area contributed by atoms with Crippen LogP contribution in [0.1, 0.15) is 25.8 Å². The van der Waals surface area contributed by atoms with Crippen molar-refractivity contribution in [2.45, 2.75) is 32.9 Å². The molecule has 27 heavy (non-hydrogen) atoms. The summed E-state index contributed by atoms with van der Waals surface area (Å²) in [4.78, 5) is 4.94. The Morgan fingerprint density at radius 2 is 2.04 bits per heavy atom. The minimum atomic E-state index is 0.234. The quantitative estimate of drug-likeness (QED) is 0.739. The molecule has 3 rings (SSSR count). The minimum absolute atomic E-state index is 0.234. The summed E-state index contributed by atoms with van der Waals surface area (Å²) in [6.45, 7) is 9.39. The molecule has 0 saturated carbocycles. The Balaban J connectivity index is 1.61. The summed E-state index contributed by atoms with van der Waals surface area (Å²) >= 11 is 5.96. The third-order valence-electron chi connectivity index (χ3n) is 5.02. The fraction of sp³-hybridized carbons (Fsp3) is 0.476. The van der Waals surface area contributed by atoms with Crippen molar-refractivity contribution in [3.05, 3.63) is 58.9 Å². The van der Waals surface area contributed by atoms with Gasteiger partial charge in [-0.05, 0) is 44.5 Å². The van der Waals surface area contributed by atoms with E-state index in [0.717, 1.165) is 49.9 Å². The fourth-order valence-corrected chi connectivity index (χ4v) is 3.62. The van der Waals surface area contributed by atoms with Crippen LogP contribution < -0.4 is 0 Å². The number of hydrogen-bond donors (Lipinski definition) is 1. The van der Waals surface area contributed by atoms with Gasteiger partial charge in [0, 0.05) is 62.2 Å². The van der Waals surface area contributed by atoms with Gasteiger partial charge in [0.25, 0.3) is 0 Å². The first-order chi connectivity index (χ1) is 13.0. The summed E-state index contributed by atoms with van der Waals surface area (Å²) in [5.74, 6) is 0. The Morgan fingerprint density at radius 3 is 2.74 bits per heavy atom. The van der Waals surface area contributed by atoms with Crippen LogP contribution >= 0.6 is 11.6 Å². The predicted octanol–water partition coefficient (Wildman–Crippen LogP) is 3.36. The highest BCUT2D eigenvalue weighted by Gasteiger charge is 2.26. The van der Waals surface area contributed by atoms with Crippen LogP contribution in [0.15, 0.2) is 48.3 Å². The van der Waals surface area contributed by atoms with Crippen LogP contribution in [0.5, 0.6) is 0 Å². The third-order valence-corrected chi connectivity index (χ3v) is 5.27. The second kappa shape index (κ2) is 9.51. The van der Waals surface area contributed by atoms with Gasteiger partial charge in [0.15, 0.2) is 0 Å². The molecule has 2 aromatic rings. The van der Waals surface area contributed by atoms with Crippen molar-refractivity contribution in [1.82, 2.24) is 19.6 Å². The Bertz CT molecular complexity index is 752. The van der Waals surface area contributed by atoms with Gasteiger partial charge in [-0.1, -0.05) is 23.3 Å². The molecule has 1 aliphatic heterocycles. The molecular weight excluding hydrogens is 360 g/mol. The van der Waals surface area contributed by atoms with E-state index in [1.165, 1.54) is 11.1 Å². The van der Waals surface area contributed by atoms with E-state index in [9.17, 15) is 5.11 Å². The summed E-state index contributed by atoms with van der Waals surface area (Å²) in [6.07, 6.45) is 7.11. The lowest BCUT2D eigenvalue weighted by Crippen LogP contribution is -2.53. The van der Waals surface area contributed by atoms with Gasteiger partial charge < -0.3 is 5.11 Å². The normalized spacial score (nSPS) is 18.6. The second-order valence-electron chi connectivity index (χ2n) is 7.45. The van der Waals surface area contributed by atoms with Gasteiger partial charge in [0.05, 0.1) is 11.9 Å². The molecule has 1 atom stereocenters. The Kier molecular flexibility index (Phi) is 7.07. The van der Waals surface area contributed by atoms with E-state index in [1.807, 2.05) is 35.1 Å². The smallest absolute Gasteiger partial charge is 0.0646 e. The number of aromatic nitrogens is 2. The number of aliphatic hydroxyl groups excluding tert-OH is 1. The summed E-state index contributed by atoms with van der Waals surface area (Å²) in [6, 6.07) is 8.09. The zero-order valence-electron chi connectivity index (χ0n) is 16.2. The number of nitrogens with zero attached hydrogens (tertiary/aromatic N) is 4. The highest BCUT2D eigenvalue weighted by atomic mass is 35.5. The van der Waals surface area contributed by atoms with Crippen molar-refractivity contribution in [3.8, 4) is 5.69 Å². The zero-order valence-corrected chi connectivity index (χ0v) is 16.9. The number of piperazine rings is 1. The molecule has 1 N–H and O–H groups in total. The molecule has 6 heteroatoms. The molecule has 0 aliphatic carbocycles. The van der Waals surface area contributed by atoms with E-state index in [4.69, 9.17) is 11.6 Å². The van der Waals surface area contributed by atoms with Crippen LogP contribution in [0.25, 0.3) is 5.69 Å². The average molecular weight is 389 g/mol. The van der Waals surface area contributed by atoms with Crippen LogP contribution in [-0.2, 0) is 6.54 Å². The van der Waals surface area contributed by atoms with Crippen LogP contribution in [0, 0.1) is 0 Å². The second-order valence-corrected chi connectivity index (χ2v) is 7.88. The van der Waals surface area contributed by atoms with Gasteiger partial charge in [-0.2, -0.15) is 5.10 Å². The van der Waals surface area contributed by atoms with Gasteiger partial charge in [0.2, 0.25) is 0 Å². The first-order valence-corrected chi connectivity index (χ1v) is 9.93. The van der Waals surface area contributed by atoms with Gasteiger partial charge in [-0.3, -0.25) is 9.80 Å². The first kappa shape index (κ1) is 20.1. The summed E-state index contributed by atoms with van der Waals surface area (Å²) < 4.78 is 1.89. The maximum absolute atomic E-state index is 9.46. The Hall–Kier alpha value is -1.66. The molecule has 0 unspecified atom stereocenters. The van der Waals surface area contributed by atoms with Crippen molar-refractivity contribution < 1.29 is 5.11 Å². The molecule has 1 aromatic heterocycles. The first-order valence-electron chi connectivity index (χ1n) is 9.55. The van der Waals surface area contributed by atoms with Crippen LogP contribution in [0.3, 0.4) is 0 Å². The number of hydrogen-bond acceptors (Lipinski definition) is 4. The van der Waals surface area contributed by atoms with Crippen molar-refractivity contribution in [1.29, 1.82) is 0 Å². The van der Waals surface area contributed by atoms with Crippen LogP contribution in [0.4, 0.5) is 0 Å². The summed E-state index contributed by atoms with van der Waals surface area (Å²) in [5, 5.41) is 14.7. The molecule has 2 heterocycles. The topological polar surface area (TPSA) is 44.5 Å². The standard InChI is InChI=1S/C21H29ClN4O/c1-17(2)7-9-25-11-10-24(16-21(25)8-12-27)14-18-13-23-26(15-18)20-5-3-19(22)4-6-20/h3-7,13,15,21,27H,8-12,14,16H2,1-2H3/t21-/m1/s1. The molecule has 0 bridgehead atoms. The zero-order chi connectivity index (χ0) is 19.2. The van der Waals surface area contributed by atoms with E-state index in [0.29, 0.717) is 6.04 Å². The maximum Gasteiger partial charge on any atom is 0.0646 e. The molecule has 5 nitrogen and oxygen atoms in total. The molecule has 0 spiro atoms. The average Bonchev–Trinajstić information content (AvgIpc) is 3.10. The van der Waals surface area contributed by atoms with Gasteiger partial charge in [-0.25, -0.2) is 4.68 Å². The molecule has 1 aliphatic rings. The number of benzene rings is 1. The number of allylic oxidation sites excluding steroid dienone is 1. The van der Waals surface area contributed by atoms with Crippen LogP contribution in [-0.4, -0.2) is 63.5 Å². The maximum atomic E-state index is 9.46. The highest BCUT2D eigenvalue weighted by molar-refractivity contribution is 6.30. The monoisotopic (exact) mass is 388 g/mol. The van der Waals surface area contributed by atoms with Gasteiger partial charge >= 0.3 is 0 Å². The molecule has 0 radical (unpaired) electrons. The van der Waals surface area contributed by atoms with Gasteiger partial charge in [-0.15, -0.1) is 0 Å². The van der Waals surface area contributed by atoms with E-state index >= 15 is 0 Å². The lowest BCUT2D eigenvalue weighted by Gasteiger charge is -2.41. The third kappa shape index (κ3) is 5.66. The van der Waals surface area contributed by atoms with E-state index in [1.54, 1.807) is 0 Å². The molecule has 1 aromatic carbocycles. The Labute approximate surface area is 166 Å². The molecule has 0 amide bonds. The Morgan fingerprint density at radius 1 is 1.26 bits per heavy atom. The van der Waals surface area contributed by atoms with Crippen molar-refractivity contribution in [2.75, 3.05) is 32.8 Å². The molecule has 1 fully saturated rings.